The Morgan fingerprint density at radius 2 is 2.00 bits per heavy atom. The topological polar surface area (TPSA) is 53.4 Å². The van der Waals surface area contributed by atoms with E-state index in [0.717, 1.165) is 19.1 Å². The van der Waals surface area contributed by atoms with Crippen LogP contribution in [0.5, 0.6) is 0 Å². The molecule has 0 fully saturated rings. The van der Waals surface area contributed by atoms with Crippen LogP contribution >= 0.6 is 0 Å². The van der Waals surface area contributed by atoms with E-state index in [4.69, 9.17) is 9.47 Å². The van der Waals surface area contributed by atoms with E-state index in [9.17, 15) is 4.79 Å². The summed E-state index contributed by atoms with van der Waals surface area (Å²) in [5.41, 5.74) is 3.30. The Morgan fingerprint density at radius 1 is 1.29 bits per heavy atom. The molecule has 3 rings (SSSR count). The average Bonchev–Trinajstić information content (AvgIpc) is 3.17. The zero-order valence-corrected chi connectivity index (χ0v) is 14.5. The molecule has 0 N–H and O–H groups in total. The third-order valence-electron chi connectivity index (χ3n) is 3.12. The summed E-state index contributed by atoms with van der Waals surface area (Å²) >= 11 is 0. The van der Waals surface area contributed by atoms with Crippen LogP contribution in [-0.4, -0.2) is 28.0 Å². The highest BCUT2D eigenvalue weighted by Gasteiger charge is 2.22. The van der Waals surface area contributed by atoms with Crippen molar-refractivity contribution in [3.8, 4) is 5.69 Å². The summed E-state index contributed by atoms with van der Waals surface area (Å²) in [6.45, 7) is 10.2. The minimum absolute atomic E-state index is 0.373. The van der Waals surface area contributed by atoms with E-state index in [1.54, 1.807) is 0 Å². The fraction of sp³-hybridized carbons (Fsp3) is 0.368. The second kappa shape index (κ2) is 7.93. The third-order valence-corrected chi connectivity index (χ3v) is 3.12. The highest BCUT2D eigenvalue weighted by atomic mass is 16.6. The van der Waals surface area contributed by atoms with Crippen molar-refractivity contribution in [1.29, 1.82) is 0 Å². The Balaban J connectivity index is 0.000000202. The number of carbonyl (C=O) groups is 1. The van der Waals surface area contributed by atoms with E-state index >= 15 is 0 Å². The molecule has 0 spiro atoms. The number of nitrogens with zero attached hydrogens (tertiary/aromatic N) is 2. The minimum atomic E-state index is -0.398. The molecule has 0 saturated heterocycles. The lowest BCUT2D eigenvalue weighted by Gasteiger charge is -2.17. The SMILES string of the molecule is C=CC(=O)OC(C)(C)C.c1ccc(COCCc2nn3cc2-3)cc1. The van der Waals surface area contributed by atoms with Crippen molar-refractivity contribution >= 4 is 5.97 Å². The summed E-state index contributed by atoms with van der Waals surface area (Å²) in [7, 11) is 0. The van der Waals surface area contributed by atoms with E-state index in [1.807, 2.05) is 49.8 Å². The summed E-state index contributed by atoms with van der Waals surface area (Å²) in [6, 6.07) is 10.2. The fourth-order valence-corrected chi connectivity index (χ4v) is 1.97. The molecule has 0 aromatic heterocycles. The predicted molar refractivity (Wildman–Crippen MR) is 93.0 cm³/mol. The van der Waals surface area contributed by atoms with Gasteiger partial charge in [-0.15, -0.1) is 0 Å². The first-order valence-electron chi connectivity index (χ1n) is 7.95. The van der Waals surface area contributed by atoms with Gasteiger partial charge in [-0.05, 0) is 26.3 Å². The van der Waals surface area contributed by atoms with E-state index in [0.29, 0.717) is 6.61 Å². The molecule has 24 heavy (non-hydrogen) atoms. The van der Waals surface area contributed by atoms with Gasteiger partial charge in [0.1, 0.15) is 11.3 Å². The van der Waals surface area contributed by atoms with Gasteiger partial charge in [0.15, 0.2) is 0 Å². The minimum Gasteiger partial charge on any atom is -0.457 e. The van der Waals surface area contributed by atoms with E-state index in [-0.39, 0.29) is 5.97 Å². The van der Waals surface area contributed by atoms with Gasteiger partial charge in [0.25, 0.3) is 0 Å². The number of hydrogen-bond acceptors (Lipinski definition) is 4. The quantitative estimate of drug-likeness (QED) is 0.395. The zero-order chi connectivity index (χ0) is 17.6. The van der Waals surface area contributed by atoms with Crippen molar-refractivity contribution in [3.63, 3.8) is 0 Å². The molecule has 1 aromatic carbocycles. The Hall–Kier alpha value is -2.40. The molecule has 0 bridgehead atoms. The van der Waals surface area contributed by atoms with Gasteiger partial charge in [-0.25, -0.2) is 9.48 Å². The highest BCUT2D eigenvalue weighted by Crippen LogP contribution is 2.25. The Kier molecular flexibility index (Phi) is 5.93. The number of benzene rings is 1. The number of esters is 1. The highest BCUT2D eigenvalue weighted by molar-refractivity contribution is 5.81. The lowest BCUT2D eigenvalue weighted by atomic mass is 10.2. The second-order valence-electron chi connectivity index (χ2n) is 6.43. The smallest absolute Gasteiger partial charge is 0.330 e. The van der Waals surface area contributed by atoms with Crippen LogP contribution in [-0.2, 0) is 27.3 Å². The van der Waals surface area contributed by atoms with Gasteiger partial charge in [0.05, 0.1) is 25.1 Å². The van der Waals surface area contributed by atoms with Crippen LogP contribution in [0.15, 0.2) is 49.2 Å². The van der Waals surface area contributed by atoms with Gasteiger partial charge in [-0.1, -0.05) is 36.9 Å². The van der Waals surface area contributed by atoms with Gasteiger partial charge >= 0.3 is 5.97 Å². The normalized spacial score (nSPS) is 11.3. The monoisotopic (exact) mass is 328 g/mol. The van der Waals surface area contributed by atoms with Crippen molar-refractivity contribution in [2.75, 3.05) is 6.61 Å². The van der Waals surface area contributed by atoms with Crippen LogP contribution in [0.2, 0.25) is 0 Å². The Morgan fingerprint density at radius 3 is 2.46 bits per heavy atom. The van der Waals surface area contributed by atoms with Gasteiger partial charge < -0.3 is 9.47 Å². The standard InChI is InChI=1S/C12H12N2O.C7H12O2/c1-2-4-10(5-3-1)9-15-7-6-11-12-8-14(12)13-11;1-5-6(8)9-7(2,3)4/h1-5,8H,6-7,9H2;5H,1H2,2-4H3. The molecule has 2 aliphatic rings. The molecule has 5 heteroatoms. The third kappa shape index (κ3) is 6.01. The molecular weight excluding hydrogens is 304 g/mol. The van der Waals surface area contributed by atoms with Crippen molar-refractivity contribution in [3.05, 3.63) is 60.4 Å². The lowest BCUT2D eigenvalue weighted by molar-refractivity contribution is -0.148. The summed E-state index contributed by atoms with van der Waals surface area (Å²) < 4.78 is 12.3. The molecular formula is C19H24N2O3. The average molecular weight is 328 g/mol. The summed E-state index contributed by atoms with van der Waals surface area (Å²) in [4.78, 5) is 10.5. The fourth-order valence-electron chi connectivity index (χ4n) is 1.97. The van der Waals surface area contributed by atoms with Crippen LogP contribution in [0, 0.1) is 0 Å². The Bertz CT molecular complexity index is 684. The van der Waals surface area contributed by atoms with E-state index in [1.165, 1.54) is 16.9 Å². The first-order valence-corrected chi connectivity index (χ1v) is 7.95. The predicted octanol–water partition coefficient (Wildman–Crippen LogP) is 3.46. The number of aromatic nitrogens is 2. The zero-order valence-electron chi connectivity index (χ0n) is 14.5. The number of fused-ring (bicyclic) bond motifs is 1. The van der Waals surface area contributed by atoms with E-state index < -0.39 is 5.60 Å². The lowest BCUT2D eigenvalue weighted by Crippen LogP contribution is -2.22. The van der Waals surface area contributed by atoms with Crippen LogP contribution < -0.4 is 0 Å². The summed E-state index contributed by atoms with van der Waals surface area (Å²) in [5, 5.41) is 4.22. The van der Waals surface area contributed by atoms with Gasteiger partial charge in [0.2, 0.25) is 0 Å². The largest absolute Gasteiger partial charge is 0.457 e. The van der Waals surface area contributed by atoms with Crippen LogP contribution in [0.4, 0.5) is 0 Å². The van der Waals surface area contributed by atoms with Crippen LogP contribution in [0.3, 0.4) is 0 Å². The van der Waals surface area contributed by atoms with Crippen molar-refractivity contribution in [2.45, 2.75) is 39.4 Å². The van der Waals surface area contributed by atoms with Crippen LogP contribution in [0.25, 0.3) is 5.69 Å². The molecule has 2 heterocycles. The van der Waals surface area contributed by atoms with Gasteiger partial charge in [-0.2, -0.15) is 5.10 Å². The summed E-state index contributed by atoms with van der Waals surface area (Å²) in [5.74, 6) is -0.373. The first kappa shape index (κ1) is 17.9. The number of rotatable bonds is 6. The van der Waals surface area contributed by atoms with Crippen molar-refractivity contribution in [2.24, 2.45) is 0 Å². The molecule has 0 atom stereocenters. The molecule has 2 aliphatic heterocycles. The molecule has 0 amide bonds. The van der Waals surface area contributed by atoms with Gasteiger partial charge in [-0.3, -0.25) is 0 Å². The molecule has 0 saturated carbocycles. The maximum atomic E-state index is 10.5. The van der Waals surface area contributed by atoms with Crippen molar-refractivity contribution < 1.29 is 14.3 Å². The molecule has 128 valence electrons. The maximum Gasteiger partial charge on any atom is 0.330 e. The van der Waals surface area contributed by atoms with E-state index in [2.05, 4.69) is 23.8 Å². The molecule has 0 aliphatic carbocycles. The number of carbonyl (C=O) groups excluding carboxylic acids is 1. The van der Waals surface area contributed by atoms with Crippen LogP contribution in [0.1, 0.15) is 32.0 Å². The second-order valence-corrected chi connectivity index (χ2v) is 6.43. The molecule has 0 radical (unpaired) electrons. The van der Waals surface area contributed by atoms with Gasteiger partial charge in [0, 0.05) is 12.5 Å². The Labute approximate surface area is 142 Å². The first-order chi connectivity index (χ1) is 11.4. The summed E-state index contributed by atoms with van der Waals surface area (Å²) in [6.07, 6.45) is 4.12. The molecule has 1 aromatic rings. The van der Waals surface area contributed by atoms with Crippen molar-refractivity contribution in [1.82, 2.24) is 9.78 Å². The maximum absolute atomic E-state index is 10.5. The number of ether oxygens (including phenoxy) is 2. The number of hydrogen-bond donors (Lipinski definition) is 0. The molecule has 5 nitrogen and oxygen atoms in total. The molecule has 0 unspecified atom stereocenters.